The van der Waals surface area contributed by atoms with Gasteiger partial charge in [-0.3, -0.25) is 9.59 Å². The fraction of sp³-hybridized carbons (Fsp3) is 0.130. The summed E-state index contributed by atoms with van der Waals surface area (Å²) < 4.78 is 11.4. The van der Waals surface area contributed by atoms with E-state index >= 15 is 0 Å². The summed E-state index contributed by atoms with van der Waals surface area (Å²) >= 11 is 3.36. The van der Waals surface area contributed by atoms with Crippen LogP contribution in [-0.4, -0.2) is 25.5 Å². The highest BCUT2D eigenvalue weighted by molar-refractivity contribution is 9.10. The molecule has 0 bridgehead atoms. The number of carbonyl (C=O) groups excluding carboxylic acids is 2. The first-order valence-electron chi connectivity index (χ1n) is 9.30. The molecule has 3 aromatic rings. The molecule has 3 rings (SSSR count). The van der Waals surface area contributed by atoms with E-state index in [1.54, 1.807) is 66.7 Å². The lowest BCUT2D eigenvalue weighted by Crippen LogP contribution is -2.18. The fourth-order valence-corrected chi connectivity index (χ4v) is 3.20. The summed E-state index contributed by atoms with van der Waals surface area (Å²) in [6, 6.07) is 19.1. The molecule has 6 nitrogen and oxygen atoms in total. The zero-order valence-corrected chi connectivity index (χ0v) is 18.2. The summed E-state index contributed by atoms with van der Waals surface area (Å²) in [7, 11) is 1.50. The minimum atomic E-state index is -0.380. The van der Waals surface area contributed by atoms with Crippen LogP contribution in [0.2, 0.25) is 0 Å². The summed E-state index contributed by atoms with van der Waals surface area (Å²) in [4.78, 5) is 25.6. The summed E-state index contributed by atoms with van der Waals surface area (Å²) in [6.45, 7) is 2.48. The van der Waals surface area contributed by atoms with Crippen LogP contribution in [0.3, 0.4) is 0 Å². The summed E-state index contributed by atoms with van der Waals surface area (Å²) in [5, 5.41) is 5.64. The van der Waals surface area contributed by atoms with Crippen molar-refractivity contribution in [3.63, 3.8) is 0 Å². The van der Waals surface area contributed by atoms with Crippen molar-refractivity contribution in [1.82, 2.24) is 0 Å². The van der Waals surface area contributed by atoms with Crippen LogP contribution >= 0.6 is 15.9 Å². The van der Waals surface area contributed by atoms with Crippen LogP contribution in [0.5, 0.6) is 11.5 Å². The molecule has 0 atom stereocenters. The number of methoxy groups -OCH3 is 1. The van der Waals surface area contributed by atoms with E-state index in [-0.39, 0.29) is 11.8 Å². The average molecular weight is 469 g/mol. The predicted molar refractivity (Wildman–Crippen MR) is 121 cm³/mol. The van der Waals surface area contributed by atoms with Crippen LogP contribution in [0, 0.1) is 0 Å². The number of carbonyl (C=O) groups is 2. The zero-order valence-electron chi connectivity index (χ0n) is 16.6. The number of amides is 2. The summed E-state index contributed by atoms with van der Waals surface area (Å²) in [5.41, 5.74) is 1.72. The molecule has 0 saturated heterocycles. The molecule has 2 amide bonds. The first kappa shape index (κ1) is 21.4. The summed E-state index contributed by atoms with van der Waals surface area (Å²) in [5.74, 6) is 0.448. The topological polar surface area (TPSA) is 76.7 Å². The number of nitrogens with one attached hydrogen (secondary N) is 2. The van der Waals surface area contributed by atoms with Crippen molar-refractivity contribution in [2.75, 3.05) is 24.4 Å². The molecule has 0 unspecified atom stereocenters. The maximum absolute atomic E-state index is 12.8. The van der Waals surface area contributed by atoms with Gasteiger partial charge in [-0.2, -0.15) is 0 Å². The lowest BCUT2D eigenvalue weighted by atomic mass is 10.1. The van der Waals surface area contributed by atoms with Gasteiger partial charge in [-0.05, 0) is 61.5 Å². The van der Waals surface area contributed by atoms with Gasteiger partial charge in [0.1, 0.15) is 11.5 Å². The van der Waals surface area contributed by atoms with Crippen LogP contribution in [0.25, 0.3) is 0 Å². The number of para-hydroxylation sites is 1. The Morgan fingerprint density at radius 2 is 1.60 bits per heavy atom. The molecule has 0 aromatic heterocycles. The van der Waals surface area contributed by atoms with Gasteiger partial charge in [-0.15, -0.1) is 0 Å². The summed E-state index contributed by atoms with van der Waals surface area (Å²) in [6.07, 6.45) is 0. The highest BCUT2D eigenvalue weighted by Crippen LogP contribution is 2.25. The van der Waals surface area contributed by atoms with E-state index in [4.69, 9.17) is 9.47 Å². The Labute approximate surface area is 183 Å². The second kappa shape index (κ2) is 9.93. The standard InChI is InChI=1S/C23H21BrN2O4/c1-3-30-17-11-9-16(10-12-17)25-22(27)18-6-4-5-7-20(18)26-23(28)19-14-15(24)8-13-21(19)29-2/h4-14H,3H2,1-2H3,(H,25,27)(H,26,28). The molecule has 0 saturated carbocycles. The normalized spacial score (nSPS) is 10.2. The number of hydrogen-bond acceptors (Lipinski definition) is 4. The molecule has 7 heteroatoms. The molecule has 0 aliphatic heterocycles. The Kier molecular flexibility index (Phi) is 7.08. The van der Waals surface area contributed by atoms with E-state index < -0.39 is 0 Å². The predicted octanol–water partition coefficient (Wildman–Crippen LogP) is 5.36. The van der Waals surface area contributed by atoms with E-state index in [0.717, 1.165) is 10.2 Å². The van der Waals surface area contributed by atoms with Gasteiger partial charge in [0.2, 0.25) is 0 Å². The highest BCUT2D eigenvalue weighted by atomic mass is 79.9. The van der Waals surface area contributed by atoms with Gasteiger partial charge in [-0.25, -0.2) is 0 Å². The molecule has 3 aromatic carbocycles. The molecule has 30 heavy (non-hydrogen) atoms. The third-order valence-electron chi connectivity index (χ3n) is 4.25. The third-order valence-corrected chi connectivity index (χ3v) is 4.74. The van der Waals surface area contributed by atoms with Crippen molar-refractivity contribution in [2.45, 2.75) is 6.92 Å². The van der Waals surface area contributed by atoms with Gasteiger partial charge in [0.15, 0.2) is 0 Å². The number of rotatable bonds is 7. The van der Waals surface area contributed by atoms with Crippen LogP contribution in [0.1, 0.15) is 27.6 Å². The molecule has 0 spiro atoms. The van der Waals surface area contributed by atoms with Crippen LogP contribution in [0.4, 0.5) is 11.4 Å². The maximum atomic E-state index is 12.8. The Morgan fingerprint density at radius 3 is 2.30 bits per heavy atom. The number of ether oxygens (including phenoxy) is 2. The van der Waals surface area contributed by atoms with Crippen molar-refractivity contribution in [3.8, 4) is 11.5 Å². The minimum Gasteiger partial charge on any atom is -0.496 e. The molecule has 0 heterocycles. The van der Waals surface area contributed by atoms with Crippen molar-refractivity contribution in [2.24, 2.45) is 0 Å². The van der Waals surface area contributed by atoms with Crippen molar-refractivity contribution < 1.29 is 19.1 Å². The first-order chi connectivity index (χ1) is 14.5. The molecule has 0 fully saturated rings. The largest absolute Gasteiger partial charge is 0.496 e. The van der Waals surface area contributed by atoms with E-state index in [9.17, 15) is 9.59 Å². The molecule has 0 aliphatic rings. The monoisotopic (exact) mass is 468 g/mol. The molecular formula is C23H21BrN2O4. The molecule has 0 radical (unpaired) electrons. The Hall–Kier alpha value is -3.32. The zero-order chi connectivity index (χ0) is 21.5. The highest BCUT2D eigenvalue weighted by Gasteiger charge is 2.17. The van der Waals surface area contributed by atoms with Crippen LogP contribution < -0.4 is 20.1 Å². The number of benzene rings is 3. The van der Waals surface area contributed by atoms with Gasteiger partial charge in [-0.1, -0.05) is 28.1 Å². The number of anilines is 2. The maximum Gasteiger partial charge on any atom is 0.259 e. The van der Waals surface area contributed by atoms with Crippen LogP contribution in [0.15, 0.2) is 71.2 Å². The van der Waals surface area contributed by atoms with Crippen molar-refractivity contribution in [3.05, 3.63) is 82.3 Å². The smallest absolute Gasteiger partial charge is 0.259 e. The molecule has 0 aliphatic carbocycles. The van der Waals surface area contributed by atoms with Gasteiger partial charge in [0.25, 0.3) is 11.8 Å². The Balaban J connectivity index is 1.79. The lowest BCUT2D eigenvalue weighted by Gasteiger charge is -2.13. The van der Waals surface area contributed by atoms with Crippen molar-refractivity contribution >= 4 is 39.1 Å². The quantitative estimate of drug-likeness (QED) is 0.489. The van der Waals surface area contributed by atoms with Gasteiger partial charge >= 0.3 is 0 Å². The fourth-order valence-electron chi connectivity index (χ4n) is 2.84. The molecular weight excluding hydrogens is 448 g/mol. The van der Waals surface area contributed by atoms with Gasteiger partial charge < -0.3 is 20.1 Å². The second-order valence-electron chi connectivity index (χ2n) is 6.26. The SMILES string of the molecule is CCOc1ccc(NC(=O)c2ccccc2NC(=O)c2cc(Br)ccc2OC)cc1. The first-order valence-corrected chi connectivity index (χ1v) is 10.1. The van der Waals surface area contributed by atoms with E-state index in [0.29, 0.717) is 34.9 Å². The molecule has 154 valence electrons. The number of halogens is 1. The molecule has 2 N–H and O–H groups in total. The minimum absolute atomic E-state index is 0.337. The van der Waals surface area contributed by atoms with Crippen molar-refractivity contribution in [1.29, 1.82) is 0 Å². The van der Waals surface area contributed by atoms with Gasteiger partial charge in [0, 0.05) is 10.2 Å². The Morgan fingerprint density at radius 1 is 0.900 bits per heavy atom. The Bertz CT molecular complexity index is 1050. The van der Waals surface area contributed by atoms with E-state index in [2.05, 4.69) is 26.6 Å². The third kappa shape index (κ3) is 5.18. The van der Waals surface area contributed by atoms with E-state index in [1.165, 1.54) is 7.11 Å². The lowest BCUT2D eigenvalue weighted by molar-refractivity contribution is 0.102. The number of hydrogen-bond donors (Lipinski definition) is 2. The van der Waals surface area contributed by atoms with Gasteiger partial charge in [0.05, 0.1) is 30.5 Å². The van der Waals surface area contributed by atoms with Crippen LogP contribution in [-0.2, 0) is 0 Å². The van der Waals surface area contributed by atoms with E-state index in [1.807, 2.05) is 6.92 Å². The second-order valence-corrected chi connectivity index (χ2v) is 7.17. The average Bonchev–Trinajstić information content (AvgIpc) is 2.75.